The molecule has 0 aromatic carbocycles. The van der Waals surface area contributed by atoms with E-state index in [1.165, 1.54) is 0 Å². The van der Waals surface area contributed by atoms with Crippen LogP contribution in [-0.4, -0.2) is 28.1 Å². The molecule has 1 unspecified atom stereocenters. The highest BCUT2D eigenvalue weighted by atomic mass is 16.6. The van der Waals surface area contributed by atoms with Gasteiger partial charge in [0.1, 0.15) is 6.42 Å². The number of esters is 1. The van der Waals surface area contributed by atoms with E-state index in [1.807, 2.05) is 0 Å². The summed E-state index contributed by atoms with van der Waals surface area (Å²) >= 11 is 0. The monoisotopic (exact) mass is 160 g/mol. The Morgan fingerprint density at radius 2 is 2.18 bits per heavy atom. The lowest BCUT2D eigenvalue weighted by atomic mass is 9.99. The number of ether oxygens (including phenoxy) is 1. The SMILES string of the molecule is CC(C)C1OC(=O)CC1(O)O. The molecular formula is C7H12O4. The predicted octanol–water partition coefficient (Wildman–Crippen LogP) is -0.361. The van der Waals surface area contributed by atoms with Gasteiger partial charge in [0.15, 0.2) is 6.10 Å². The molecule has 4 heteroatoms. The standard InChI is InChI=1S/C7H12O4/c1-4(2)6-7(9,10)3-5(8)11-6/h4,6,9-10H,3H2,1-2H3. The molecule has 1 aliphatic rings. The van der Waals surface area contributed by atoms with Crippen LogP contribution in [0, 0.1) is 5.92 Å². The van der Waals surface area contributed by atoms with Crippen molar-refractivity contribution in [2.24, 2.45) is 5.92 Å². The topological polar surface area (TPSA) is 66.8 Å². The summed E-state index contributed by atoms with van der Waals surface area (Å²) in [6.07, 6.45) is -1.11. The van der Waals surface area contributed by atoms with Crippen LogP contribution in [-0.2, 0) is 9.53 Å². The molecule has 11 heavy (non-hydrogen) atoms. The molecule has 0 spiro atoms. The zero-order valence-electron chi connectivity index (χ0n) is 6.57. The van der Waals surface area contributed by atoms with E-state index < -0.39 is 17.9 Å². The molecule has 1 rings (SSSR count). The van der Waals surface area contributed by atoms with Crippen molar-refractivity contribution in [3.05, 3.63) is 0 Å². The quantitative estimate of drug-likeness (QED) is 0.406. The molecule has 0 bridgehead atoms. The molecular weight excluding hydrogens is 148 g/mol. The van der Waals surface area contributed by atoms with E-state index in [9.17, 15) is 15.0 Å². The van der Waals surface area contributed by atoms with E-state index in [-0.39, 0.29) is 12.3 Å². The summed E-state index contributed by atoms with van der Waals surface area (Å²) in [7, 11) is 0. The number of hydrogen-bond donors (Lipinski definition) is 2. The molecule has 0 saturated carbocycles. The van der Waals surface area contributed by atoms with Gasteiger partial charge in [-0.3, -0.25) is 4.79 Å². The summed E-state index contributed by atoms with van der Waals surface area (Å²) in [5.74, 6) is -2.59. The Morgan fingerprint density at radius 1 is 1.64 bits per heavy atom. The van der Waals surface area contributed by atoms with Crippen molar-refractivity contribution in [2.75, 3.05) is 0 Å². The highest BCUT2D eigenvalue weighted by Gasteiger charge is 2.47. The Bertz CT molecular complexity index is 173. The molecule has 1 atom stereocenters. The first-order valence-electron chi connectivity index (χ1n) is 3.57. The number of cyclic esters (lactones) is 1. The van der Waals surface area contributed by atoms with E-state index in [1.54, 1.807) is 13.8 Å². The van der Waals surface area contributed by atoms with Gasteiger partial charge in [-0.15, -0.1) is 0 Å². The Balaban J connectivity index is 2.74. The third-order valence-electron chi connectivity index (χ3n) is 1.72. The fraction of sp³-hybridized carbons (Fsp3) is 0.857. The summed E-state index contributed by atoms with van der Waals surface area (Å²) in [4.78, 5) is 10.6. The summed E-state index contributed by atoms with van der Waals surface area (Å²) < 4.78 is 4.70. The van der Waals surface area contributed by atoms with Gasteiger partial charge in [0, 0.05) is 0 Å². The fourth-order valence-electron chi connectivity index (χ4n) is 1.26. The molecule has 0 aliphatic carbocycles. The van der Waals surface area contributed by atoms with Crippen LogP contribution in [0.25, 0.3) is 0 Å². The normalized spacial score (nSPS) is 29.2. The van der Waals surface area contributed by atoms with E-state index >= 15 is 0 Å². The van der Waals surface area contributed by atoms with Crippen molar-refractivity contribution in [2.45, 2.75) is 32.2 Å². The van der Waals surface area contributed by atoms with E-state index in [0.29, 0.717) is 0 Å². The van der Waals surface area contributed by atoms with Crippen molar-refractivity contribution in [1.29, 1.82) is 0 Å². The Hall–Kier alpha value is -0.610. The molecule has 1 heterocycles. The minimum Gasteiger partial charge on any atom is -0.456 e. The van der Waals surface area contributed by atoms with Crippen LogP contribution in [0.2, 0.25) is 0 Å². The molecule has 0 amide bonds. The largest absolute Gasteiger partial charge is 0.456 e. The Labute approximate surface area is 64.8 Å². The molecule has 0 radical (unpaired) electrons. The van der Waals surface area contributed by atoms with Crippen LogP contribution < -0.4 is 0 Å². The predicted molar refractivity (Wildman–Crippen MR) is 36.5 cm³/mol. The van der Waals surface area contributed by atoms with Gasteiger partial charge in [-0.05, 0) is 5.92 Å². The van der Waals surface area contributed by atoms with Crippen molar-refractivity contribution >= 4 is 5.97 Å². The minimum absolute atomic E-state index is 0.0727. The third-order valence-corrected chi connectivity index (χ3v) is 1.72. The average Bonchev–Trinajstić information content (AvgIpc) is 2.04. The number of hydrogen-bond acceptors (Lipinski definition) is 4. The number of rotatable bonds is 1. The van der Waals surface area contributed by atoms with Crippen LogP contribution >= 0.6 is 0 Å². The second-order valence-electron chi connectivity index (χ2n) is 3.21. The maximum Gasteiger partial charge on any atom is 0.311 e. The van der Waals surface area contributed by atoms with Gasteiger partial charge < -0.3 is 14.9 Å². The van der Waals surface area contributed by atoms with E-state index in [0.717, 1.165) is 0 Å². The molecule has 2 N–H and O–H groups in total. The first-order chi connectivity index (χ1) is 4.93. The molecule has 1 saturated heterocycles. The van der Waals surface area contributed by atoms with E-state index in [4.69, 9.17) is 4.74 Å². The molecule has 0 aromatic rings. The van der Waals surface area contributed by atoms with Crippen LogP contribution in [0.1, 0.15) is 20.3 Å². The van der Waals surface area contributed by atoms with Gasteiger partial charge in [-0.25, -0.2) is 0 Å². The van der Waals surface area contributed by atoms with Crippen LogP contribution in [0.15, 0.2) is 0 Å². The zero-order valence-corrected chi connectivity index (χ0v) is 6.57. The van der Waals surface area contributed by atoms with Crippen molar-refractivity contribution in [3.8, 4) is 0 Å². The third kappa shape index (κ3) is 1.52. The first-order valence-corrected chi connectivity index (χ1v) is 3.57. The molecule has 64 valence electrons. The number of carbonyl (C=O) groups excluding carboxylic acids is 1. The van der Waals surface area contributed by atoms with Crippen LogP contribution in [0.3, 0.4) is 0 Å². The molecule has 1 fully saturated rings. The van der Waals surface area contributed by atoms with Gasteiger partial charge in [-0.2, -0.15) is 0 Å². The number of carbonyl (C=O) groups is 1. The fourth-order valence-corrected chi connectivity index (χ4v) is 1.26. The lowest BCUT2D eigenvalue weighted by Crippen LogP contribution is -2.41. The number of aliphatic hydroxyl groups is 2. The summed E-state index contributed by atoms with van der Waals surface area (Å²) in [5.41, 5.74) is 0. The highest BCUT2D eigenvalue weighted by Crippen LogP contribution is 2.29. The summed E-state index contributed by atoms with van der Waals surface area (Å²) in [6.45, 7) is 3.54. The Kier molecular flexibility index (Phi) is 1.90. The van der Waals surface area contributed by atoms with Gasteiger partial charge in [0.25, 0.3) is 0 Å². The lowest BCUT2D eigenvalue weighted by Gasteiger charge is -2.23. The van der Waals surface area contributed by atoms with Gasteiger partial charge in [-0.1, -0.05) is 13.8 Å². The Morgan fingerprint density at radius 3 is 2.36 bits per heavy atom. The minimum atomic E-state index is -1.97. The molecule has 1 aliphatic heterocycles. The second kappa shape index (κ2) is 2.46. The summed E-state index contributed by atoms with van der Waals surface area (Å²) in [5, 5.41) is 18.4. The van der Waals surface area contributed by atoms with Gasteiger partial charge in [0.05, 0.1) is 0 Å². The van der Waals surface area contributed by atoms with E-state index in [2.05, 4.69) is 0 Å². The zero-order chi connectivity index (χ0) is 8.65. The maximum atomic E-state index is 10.6. The maximum absolute atomic E-state index is 10.6. The van der Waals surface area contributed by atoms with Gasteiger partial charge >= 0.3 is 5.97 Å². The smallest absolute Gasteiger partial charge is 0.311 e. The highest BCUT2D eigenvalue weighted by molar-refractivity contribution is 5.73. The average molecular weight is 160 g/mol. The second-order valence-corrected chi connectivity index (χ2v) is 3.21. The molecule has 0 aromatic heterocycles. The van der Waals surface area contributed by atoms with Crippen molar-refractivity contribution in [3.63, 3.8) is 0 Å². The van der Waals surface area contributed by atoms with Crippen molar-refractivity contribution < 1.29 is 19.7 Å². The molecule has 4 nitrogen and oxygen atoms in total. The first kappa shape index (κ1) is 8.49. The lowest BCUT2D eigenvalue weighted by molar-refractivity contribution is -0.203. The van der Waals surface area contributed by atoms with Gasteiger partial charge in [0.2, 0.25) is 5.79 Å². The van der Waals surface area contributed by atoms with Crippen molar-refractivity contribution in [1.82, 2.24) is 0 Å². The van der Waals surface area contributed by atoms with Crippen LogP contribution in [0.5, 0.6) is 0 Å². The summed E-state index contributed by atoms with van der Waals surface area (Å²) in [6, 6.07) is 0. The van der Waals surface area contributed by atoms with Crippen LogP contribution in [0.4, 0.5) is 0 Å².